The highest BCUT2D eigenvalue weighted by Crippen LogP contribution is 2.44. The fraction of sp³-hybridized carbons (Fsp3) is 0.533. The van der Waals surface area contributed by atoms with Crippen molar-refractivity contribution in [1.82, 2.24) is 5.32 Å². The molecule has 0 bridgehead atoms. The van der Waals surface area contributed by atoms with Crippen molar-refractivity contribution in [3.63, 3.8) is 0 Å². The molecule has 2 rings (SSSR count). The van der Waals surface area contributed by atoms with Crippen molar-refractivity contribution in [3.8, 4) is 5.75 Å². The van der Waals surface area contributed by atoms with Gasteiger partial charge < -0.3 is 20.5 Å². The van der Waals surface area contributed by atoms with Crippen molar-refractivity contribution in [2.24, 2.45) is 5.41 Å². The summed E-state index contributed by atoms with van der Waals surface area (Å²) < 4.78 is 41.4. The Morgan fingerprint density at radius 1 is 1.39 bits per heavy atom. The number of ether oxygens (including phenoxy) is 1. The number of anilines is 1. The first-order valence-corrected chi connectivity index (χ1v) is 7.20. The number of aliphatic hydroxyl groups excluding tert-OH is 1. The number of alkyl halides is 3. The molecule has 1 saturated carbocycles. The summed E-state index contributed by atoms with van der Waals surface area (Å²) in [4.78, 5) is 11.9. The molecule has 8 heteroatoms. The van der Waals surface area contributed by atoms with Gasteiger partial charge in [-0.15, -0.1) is 0 Å². The third-order valence-corrected chi connectivity index (χ3v) is 3.84. The molecular formula is C15H19F3N2O3. The first-order valence-electron chi connectivity index (χ1n) is 7.20. The Balaban J connectivity index is 1.93. The second-order valence-electron chi connectivity index (χ2n) is 5.80. The van der Waals surface area contributed by atoms with Crippen LogP contribution in [0.2, 0.25) is 0 Å². The summed E-state index contributed by atoms with van der Waals surface area (Å²) in [6, 6.07) is 4.02. The van der Waals surface area contributed by atoms with E-state index < -0.39 is 18.8 Å². The Labute approximate surface area is 131 Å². The van der Waals surface area contributed by atoms with E-state index in [1.807, 2.05) is 0 Å². The first kappa shape index (κ1) is 17.4. The fourth-order valence-electron chi connectivity index (χ4n) is 2.07. The summed E-state index contributed by atoms with van der Waals surface area (Å²) >= 11 is 0. The van der Waals surface area contributed by atoms with Crippen molar-refractivity contribution >= 4 is 11.7 Å². The summed E-state index contributed by atoms with van der Waals surface area (Å²) in [6.45, 7) is 0.561. The van der Waals surface area contributed by atoms with Crippen LogP contribution in [0.15, 0.2) is 18.2 Å². The SMILES string of the molecule is Cc1c(NC(=O)NCC2(CO)CC2)cccc1OCC(F)(F)F. The van der Waals surface area contributed by atoms with E-state index in [0.717, 1.165) is 12.8 Å². The number of amides is 2. The van der Waals surface area contributed by atoms with Crippen molar-refractivity contribution in [2.75, 3.05) is 25.1 Å². The van der Waals surface area contributed by atoms with Gasteiger partial charge in [-0.3, -0.25) is 0 Å². The van der Waals surface area contributed by atoms with Crippen LogP contribution in [0.3, 0.4) is 0 Å². The normalized spacial score (nSPS) is 15.9. The molecule has 0 heterocycles. The van der Waals surface area contributed by atoms with Crippen molar-refractivity contribution in [1.29, 1.82) is 0 Å². The monoisotopic (exact) mass is 332 g/mol. The van der Waals surface area contributed by atoms with Gasteiger partial charge in [-0.2, -0.15) is 13.2 Å². The predicted octanol–water partition coefficient (Wildman–Crippen LogP) is 2.83. The van der Waals surface area contributed by atoms with Crippen LogP contribution in [-0.2, 0) is 0 Å². The van der Waals surface area contributed by atoms with Crippen LogP contribution in [0.25, 0.3) is 0 Å². The molecule has 1 fully saturated rings. The lowest BCUT2D eigenvalue weighted by Crippen LogP contribution is -2.35. The highest BCUT2D eigenvalue weighted by molar-refractivity contribution is 5.90. The minimum Gasteiger partial charge on any atom is -0.484 e. The first-order chi connectivity index (χ1) is 10.7. The number of hydrogen-bond donors (Lipinski definition) is 3. The second-order valence-corrected chi connectivity index (χ2v) is 5.80. The average Bonchev–Trinajstić information content (AvgIpc) is 3.26. The Morgan fingerprint density at radius 3 is 2.65 bits per heavy atom. The molecule has 0 atom stereocenters. The molecule has 1 aliphatic carbocycles. The van der Waals surface area contributed by atoms with Gasteiger partial charge >= 0.3 is 12.2 Å². The van der Waals surface area contributed by atoms with Crippen LogP contribution in [0.5, 0.6) is 5.75 Å². The third kappa shape index (κ3) is 5.02. The van der Waals surface area contributed by atoms with E-state index in [4.69, 9.17) is 4.74 Å². The molecule has 0 unspecified atom stereocenters. The zero-order chi connectivity index (χ0) is 17.1. The van der Waals surface area contributed by atoms with E-state index in [1.54, 1.807) is 13.0 Å². The summed E-state index contributed by atoms with van der Waals surface area (Å²) in [5.41, 5.74) is 0.565. The maximum atomic E-state index is 12.2. The van der Waals surface area contributed by atoms with Gasteiger partial charge in [0.1, 0.15) is 5.75 Å². The Hall–Kier alpha value is -1.96. The summed E-state index contributed by atoms with van der Waals surface area (Å²) in [6.07, 6.45) is -2.69. The number of nitrogens with one attached hydrogen (secondary N) is 2. The number of benzene rings is 1. The van der Waals surface area contributed by atoms with Crippen molar-refractivity contribution < 1.29 is 27.8 Å². The quantitative estimate of drug-likeness (QED) is 0.750. The number of rotatable bonds is 6. The smallest absolute Gasteiger partial charge is 0.422 e. The topological polar surface area (TPSA) is 70.6 Å². The van der Waals surface area contributed by atoms with Gasteiger partial charge in [0, 0.05) is 23.2 Å². The van der Waals surface area contributed by atoms with Gasteiger partial charge in [-0.1, -0.05) is 6.07 Å². The lowest BCUT2D eigenvalue weighted by Gasteiger charge is -2.16. The Bertz CT molecular complexity index is 572. The lowest BCUT2D eigenvalue weighted by molar-refractivity contribution is -0.153. The minimum atomic E-state index is -4.42. The van der Waals surface area contributed by atoms with Gasteiger partial charge in [0.25, 0.3) is 0 Å². The average molecular weight is 332 g/mol. The van der Waals surface area contributed by atoms with E-state index in [1.165, 1.54) is 12.1 Å². The van der Waals surface area contributed by atoms with Crippen LogP contribution in [0.4, 0.5) is 23.7 Å². The molecule has 0 aliphatic heterocycles. The predicted molar refractivity (Wildman–Crippen MR) is 78.5 cm³/mol. The molecule has 3 N–H and O–H groups in total. The van der Waals surface area contributed by atoms with Crippen molar-refractivity contribution in [3.05, 3.63) is 23.8 Å². The van der Waals surface area contributed by atoms with Gasteiger partial charge in [-0.05, 0) is 31.9 Å². The van der Waals surface area contributed by atoms with Crippen molar-refractivity contribution in [2.45, 2.75) is 25.9 Å². The maximum Gasteiger partial charge on any atom is 0.422 e. The highest BCUT2D eigenvalue weighted by Gasteiger charge is 2.42. The highest BCUT2D eigenvalue weighted by atomic mass is 19.4. The number of hydrogen-bond acceptors (Lipinski definition) is 3. The molecule has 2 amide bonds. The Morgan fingerprint density at radius 2 is 2.09 bits per heavy atom. The van der Waals surface area contributed by atoms with E-state index >= 15 is 0 Å². The standard InChI is InChI=1S/C15H19F3N2O3/c1-10-11(3-2-4-12(10)23-9-15(16,17)18)20-13(22)19-7-14(8-21)5-6-14/h2-4,21H,5-9H2,1H3,(H2,19,20,22). The molecule has 128 valence electrons. The van der Waals surface area contributed by atoms with E-state index in [2.05, 4.69) is 10.6 Å². The van der Waals surface area contributed by atoms with E-state index in [-0.39, 0.29) is 17.8 Å². The van der Waals surface area contributed by atoms with Gasteiger partial charge in [0.05, 0.1) is 6.61 Å². The van der Waals surface area contributed by atoms with Gasteiger partial charge in [-0.25, -0.2) is 4.79 Å². The molecule has 0 spiro atoms. The molecule has 1 aliphatic rings. The summed E-state index contributed by atoms with van der Waals surface area (Å²) in [5.74, 6) is 0.0640. The number of carbonyl (C=O) groups is 1. The second kappa shape index (κ2) is 6.66. The molecule has 23 heavy (non-hydrogen) atoms. The van der Waals surface area contributed by atoms with Gasteiger partial charge in [0.2, 0.25) is 0 Å². The molecule has 0 aromatic heterocycles. The minimum absolute atomic E-state index is 0.0209. The maximum absolute atomic E-state index is 12.2. The van der Waals surface area contributed by atoms with Crippen LogP contribution in [-0.4, -0.2) is 37.1 Å². The summed E-state index contributed by atoms with van der Waals surface area (Å²) in [7, 11) is 0. The molecule has 1 aromatic carbocycles. The third-order valence-electron chi connectivity index (χ3n) is 3.84. The zero-order valence-corrected chi connectivity index (χ0v) is 12.7. The summed E-state index contributed by atoms with van der Waals surface area (Å²) in [5, 5.41) is 14.4. The molecular weight excluding hydrogens is 313 g/mol. The Kier molecular flexibility index (Phi) is 5.03. The number of carbonyl (C=O) groups excluding carboxylic acids is 1. The van der Waals surface area contributed by atoms with Gasteiger partial charge in [0.15, 0.2) is 6.61 Å². The number of urea groups is 1. The zero-order valence-electron chi connectivity index (χ0n) is 12.7. The number of aliphatic hydroxyl groups is 1. The van der Waals surface area contributed by atoms with Crippen LogP contribution < -0.4 is 15.4 Å². The van der Waals surface area contributed by atoms with Crippen LogP contribution in [0, 0.1) is 12.3 Å². The van der Waals surface area contributed by atoms with Crippen LogP contribution >= 0.6 is 0 Å². The lowest BCUT2D eigenvalue weighted by atomic mass is 10.1. The molecule has 0 radical (unpaired) electrons. The van der Waals surface area contributed by atoms with Crippen LogP contribution in [0.1, 0.15) is 18.4 Å². The fourth-order valence-corrected chi connectivity index (χ4v) is 2.07. The molecule has 1 aromatic rings. The van der Waals surface area contributed by atoms with E-state index in [0.29, 0.717) is 17.8 Å². The molecule has 0 saturated heterocycles. The number of halogens is 3. The molecule has 5 nitrogen and oxygen atoms in total. The largest absolute Gasteiger partial charge is 0.484 e. The van der Waals surface area contributed by atoms with E-state index in [9.17, 15) is 23.1 Å².